The summed E-state index contributed by atoms with van der Waals surface area (Å²) in [4.78, 5) is 2.38. The van der Waals surface area contributed by atoms with Gasteiger partial charge in [0, 0.05) is 31.7 Å². The Balaban J connectivity index is 1.48. The van der Waals surface area contributed by atoms with Crippen molar-refractivity contribution in [2.24, 2.45) is 0 Å². The summed E-state index contributed by atoms with van der Waals surface area (Å²) in [6, 6.07) is 8.39. The summed E-state index contributed by atoms with van der Waals surface area (Å²) in [7, 11) is 0. The zero-order valence-corrected chi connectivity index (χ0v) is 13.6. The minimum atomic E-state index is -0.424. The van der Waals surface area contributed by atoms with Crippen molar-refractivity contribution >= 4 is 11.6 Å². The van der Waals surface area contributed by atoms with Gasteiger partial charge in [0.25, 0.3) is 0 Å². The van der Waals surface area contributed by atoms with Gasteiger partial charge in [-0.15, -0.1) is 0 Å². The Labute approximate surface area is 140 Å². The summed E-state index contributed by atoms with van der Waals surface area (Å²) in [5.41, 5.74) is 0.774. The topological polar surface area (TPSA) is 37.6 Å². The highest BCUT2D eigenvalue weighted by Crippen LogP contribution is 2.26. The minimum absolute atomic E-state index is 0.101. The molecule has 23 heavy (non-hydrogen) atoms. The number of ether oxygens (including phenoxy) is 1. The van der Waals surface area contributed by atoms with Crippen LogP contribution in [-0.2, 0) is 11.3 Å². The lowest BCUT2D eigenvalue weighted by Gasteiger charge is -2.26. The molecule has 4 nitrogen and oxygen atoms in total. The lowest BCUT2D eigenvalue weighted by atomic mass is 10.2. The van der Waals surface area contributed by atoms with Gasteiger partial charge in [-0.05, 0) is 30.3 Å². The summed E-state index contributed by atoms with van der Waals surface area (Å²) < 4.78 is 24.3. The molecule has 0 unspecified atom stereocenters. The average molecular weight is 339 g/mol. The highest BCUT2D eigenvalue weighted by atomic mass is 35.5. The maximum atomic E-state index is 13.2. The van der Waals surface area contributed by atoms with E-state index in [0.717, 1.165) is 50.7 Å². The number of benzene rings is 1. The molecule has 0 spiro atoms. The van der Waals surface area contributed by atoms with E-state index >= 15 is 0 Å². The van der Waals surface area contributed by atoms with Crippen molar-refractivity contribution in [3.8, 4) is 11.3 Å². The molecule has 1 N–H and O–H groups in total. The van der Waals surface area contributed by atoms with Crippen LogP contribution in [0.25, 0.3) is 11.3 Å². The smallest absolute Gasteiger partial charge is 0.141 e. The number of furan rings is 1. The molecule has 0 saturated carbocycles. The molecule has 0 atom stereocenters. The molecule has 6 heteroatoms. The fourth-order valence-electron chi connectivity index (χ4n) is 2.55. The van der Waals surface area contributed by atoms with Crippen molar-refractivity contribution in [2.45, 2.75) is 6.54 Å². The molecule has 0 radical (unpaired) electrons. The van der Waals surface area contributed by atoms with E-state index in [1.165, 1.54) is 6.07 Å². The fraction of sp³-hybridized carbons (Fsp3) is 0.412. The summed E-state index contributed by atoms with van der Waals surface area (Å²) in [6.07, 6.45) is 0. The second kappa shape index (κ2) is 7.93. The third-order valence-corrected chi connectivity index (χ3v) is 4.16. The van der Waals surface area contributed by atoms with Gasteiger partial charge in [-0.1, -0.05) is 11.6 Å². The zero-order valence-electron chi connectivity index (χ0n) is 12.9. The van der Waals surface area contributed by atoms with Crippen LogP contribution < -0.4 is 5.32 Å². The highest BCUT2D eigenvalue weighted by Gasteiger charge is 2.10. The monoisotopic (exact) mass is 338 g/mol. The molecule has 0 amide bonds. The first-order valence-electron chi connectivity index (χ1n) is 7.77. The quantitative estimate of drug-likeness (QED) is 0.821. The molecular weight excluding hydrogens is 319 g/mol. The fourth-order valence-corrected chi connectivity index (χ4v) is 2.73. The summed E-state index contributed by atoms with van der Waals surface area (Å²) in [5.74, 6) is 1.12. The van der Waals surface area contributed by atoms with Crippen LogP contribution in [-0.4, -0.2) is 44.3 Å². The average Bonchev–Trinajstić information content (AvgIpc) is 3.04. The van der Waals surface area contributed by atoms with E-state index in [-0.39, 0.29) is 5.02 Å². The number of hydrogen-bond donors (Lipinski definition) is 1. The minimum Gasteiger partial charge on any atom is -0.460 e. The van der Waals surface area contributed by atoms with Crippen molar-refractivity contribution in [3.05, 3.63) is 46.9 Å². The molecule has 124 valence electrons. The second-order valence-corrected chi connectivity index (χ2v) is 5.93. The molecule has 1 aromatic heterocycles. The first-order valence-corrected chi connectivity index (χ1v) is 8.15. The van der Waals surface area contributed by atoms with Crippen LogP contribution in [0.1, 0.15) is 5.76 Å². The van der Waals surface area contributed by atoms with Crippen molar-refractivity contribution in [3.63, 3.8) is 0 Å². The van der Waals surface area contributed by atoms with E-state index in [2.05, 4.69) is 10.2 Å². The van der Waals surface area contributed by atoms with Crippen LogP contribution in [0.5, 0.6) is 0 Å². The van der Waals surface area contributed by atoms with Crippen molar-refractivity contribution in [2.75, 3.05) is 39.4 Å². The van der Waals surface area contributed by atoms with Gasteiger partial charge in [-0.2, -0.15) is 0 Å². The van der Waals surface area contributed by atoms with Gasteiger partial charge in [0.05, 0.1) is 24.8 Å². The summed E-state index contributed by atoms with van der Waals surface area (Å²) in [5, 5.41) is 3.47. The van der Waals surface area contributed by atoms with Gasteiger partial charge in [0.15, 0.2) is 0 Å². The maximum Gasteiger partial charge on any atom is 0.141 e. The molecule has 1 aliphatic heterocycles. The predicted molar refractivity (Wildman–Crippen MR) is 88.1 cm³/mol. The molecule has 2 aromatic rings. The second-order valence-electron chi connectivity index (χ2n) is 5.53. The molecular formula is C17H20ClFN2O2. The van der Waals surface area contributed by atoms with Crippen molar-refractivity contribution < 1.29 is 13.5 Å². The number of morpholine rings is 1. The van der Waals surface area contributed by atoms with Crippen LogP contribution in [0.4, 0.5) is 4.39 Å². The molecule has 0 bridgehead atoms. The van der Waals surface area contributed by atoms with E-state index in [0.29, 0.717) is 12.3 Å². The lowest BCUT2D eigenvalue weighted by Crippen LogP contribution is -2.40. The number of hydrogen-bond acceptors (Lipinski definition) is 4. The van der Waals surface area contributed by atoms with E-state index in [1.807, 2.05) is 12.1 Å². The number of rotatable bonds is 6. The normalized spacial score (nSPS) is 15.9. The first-order chi connectivity index (χ1) is 11.2. The number of nitrogens with one attached hydrogen (secondary N) is 1. The van der Waals surface area contributed by atoms with Gasteiger partial charge in [-0.25, -0.2) is 4.39 Å². The van der Waals surface area contributed by atoms with Crippen LogP contribution >= 0.6 is 11.6 Å². The summed E-state index contributed by atoms with van der Waals surface area (Å²) >= 11 is 5.80. The third-order valence-electron chi connectivity index (χ3n) is 3.87. The third kappa shape index (κ3) is 4.54. The van der Waals surface area contributed by atoms with E-state index in [4.69, 9.17) is 20.8 Å². The Hall–Kier alpha value is -1.40. The van der Waals surface area contributed by atoms with Crippen LogP contribution in [0, 0.1) is 5.82 Å². The lowest BCUT2D eigenvalue weighted by molar-refractivity contribution is 0.0383. The molecule has 1 fully saturated rings. The van der Waals surface area contributed by atoms with Gasteiger partial charge >= 0.3 is 0 Å². The predicted octanol–water partition coefficient (Wildman–Crippen LogP) is 3.16. The molecule has 1 aliphatic rings. The summed E-state index contributed by atoms with van der Waals surface area (Å²) in [6.45, 7) is 6.21. The Bertz CT molecular complexity index is 641. The Morgan fingerprint density at radius 3 is 2.78 bits per heavy atom. The zero-order chi connectivity index (χ0) is 16.1. The van der Waals surface area contributed by atoms with Crippen molar-refractivity contribution in [1.29, 1.82) is 0 Å². The van der Waals surface area contributed by atoms with Crippen LogP contribution in [0.2, 0.25) is 5.02 Å². The van der Waals surface area contributed by atoms with E-state index < -0.39 is 5.82 Å². The largest absolute Gasteiger partial charge is 0.460 e. The first kappa shape index (κ1) is 16.5. The van der Waals surface area contributed by atoms with Gasteiger partial charge < -0.3 is 14.5 Å². The van der Waals surface area contributed by atoms with Crippen LogP contribution in [0.15, 0.2) is 34.7 Å². The van der Waals surface area contributed by atoms with E-state index in [1.54, 1.807) is 12.1 Å². The van der Waals surface area contributed by atoms with Gasteiger partial charge in [0.1, 0.15) is 17.3 Å². The molecule has 1 aromatic carbocycles. The number of nitrogens with zero attached hydrogens (tertiary/aromatic N) is 1. The Morgan fingerprint density at radius 1 is 1.17 bits per heavy atom. The Kier molecular flexibility index (Phi) is 5.67. The van der Waals surface area contributed by atoms with Gasteiger partial charge in [0.2, 0.25) is 0 Å². The Morgan fingerprint density at radius 2 is 2.00 bits per heavy atom. The number of halogens is 2. The van der Waals surface area contributed by atoms with Crippen molar-refractivity contribution in [1.82, 2.24) is 10.2 Å². The molecule has 1 saturated heterocycles. The standard InChI is InChI=1S/C17H20ClFN2O2/c18-15-11-13(1-3-16(15)19)17-4-2-14(23-17)12-20-5-6-21-7-9-22-10-8-21/h1-4,11,20H,5-10,12H2. The molecule has 0 aliphatic carbocycles. The van der Waals surface area contributed by atoms with E-state index in [9.17, 15) is 4.39 Å². The van der Waals surface area contributed by atoms with Gasteiger partial charge in [-0.3, -0.25) is 4.90 Å². The molecule has 3 rings (SSSR count). The molecule has 2 heterocycles. The SMILES string of the molecule is Fc1ccc(-c2ccc(CNCCN3CCOCC3)o2)cc1Cl. The maximum absolute atomic E-state index is 13.2. The highest BCUT2D eigenvalue weighted by molar-refractivity contribution is 6.31. The van der Waals surface area contributed by atoms with Crippen LogP contribution in [0.3, 0.4) is 0 Å².